The van der Waals surface area contributed by atoms with E-state index in [2.05, 4.69) is 0 Å². The monoisotopic (exact) mass is 227 g/mol. The summed E-state index contributed by atoms with van der Waals surface area (Å²) in [4.78, 5) is 0. The quantitative estimate of drug-likeness (QED) is 0.387. The van der Waals surface area contributed by atoms with Gasteiger partial charge >= 0.3 is 60.5 Å². The summed E-state index contributed by atoms with van der Waals surface area (Å²) in [6.45, 7) is 0.434. The number of rotatable bonds is 1. The topological polar surface area (TPSA) is 20.2 Å². The standard InChI is InChI=1S/C6H12IO/c8-5-6-1-3-7-4-2-6/h6,8H,1-5H2/q-1. The summed E-state index contributed by atoms with van der Waals surface area (Å²) in [5, 5.41) is 8.70. The van der Waals surface area contributed by atoms with E-state index >= 15 is 0 Å². The number of halogens is 1. The molecule has 1 aliphatic heterocycles. The second-order valence-corrected chi connectivity index (χ2v) is 5.43. The van der Waals surface area contributed by atoms with E-state index in [-0.39, 0.29) is 0 Å². The molecule has 0 aliphatic carbocycles. The Balaban J connectivity index is 2.13. The van der Waals surface area contributed by atoms with Crippen LogP contribution in [0.3, 0.4) is 0 Å². The molecule has 1 aliphatic rings. The fourth-order valence-electron chi connectivity index (χ4n) is 0.884. The molecule has 0 aromatic heterocycles. The van der Waals surface area contributed by atoms with Crippen LogP contribution < -0.4 is 21.2 Å². The van der Waals surface area contributed by atoms with Crippen LogP contribution in [0, 0.1) is 5.92 Å². The second-order valence-electron chi connectivity index (χ2n) is 2.19. The zero-order valence-corrected chi connectivity index (χ0v) is 7.10. The molecule has 1 rings (SSSR count). The van der Waals surface area contributed by atoms with Crippen molar-refractivity contribution in [3.8, 4) is 0 Å². The van der Waals surface area contributed by atoms with Crippen molar-refractivity contribution in [2.75, 3.05) is 15.5 Å². The normalized spacial score (nSPS) is 24.6. The fraction of sp³-hybridized carbons (Fsp3) is 1.00. The van der Waals surface area contributed by atoms with Gasteiger partial charge in [-0.05, 0) is 0 Å². The Bertz CT molecular complexity index is 59.5. The van der Waals surface area contributed by atoms with Gasteiger partial charge in [0, 0.05) is 0 Å². The van der Waals surface area contributed by atoms with Crippen molar-refractivity contribution < 1.29 is 26.3 Å². The molecule has 50 valence electrons. The van der Waals surface area contributed by atoms with Gasteiger partial charge in [-0.25, -0.2) is 0 Å². The molecular weight excluding hydrogens is 215 g/mol. The molecule has 0 aromatic rings. The Morgan fingerprint density at radius 3 is 2.38 bits per heavy atom. The number of aliphatic hydroxyl groups excluding tert-OH is 1. The van der Waals surface area contributed by atoms with E-state index in [0.29, 0.717) is 33.7 Å². The van der Waals surface area contributed by atoms with Crippen molar-refractivity contribution in [2.45, 2.75) is 12.8 Å². The Morgan fingerprint density at radius 1 is 1.38 bits per heavy atom. The van der Waals surface area contributed by atoms with E-state index in [0.717, 1.165) is 0 Å². The number of hydrogen-bond donors (Lipinski definition) is 1. The molecule has 0 atom stereocenters. The van der Waals surface area contributed by atoms with Gasteiger partial charge in [0.1, 0.15) is 0 Å². The van der Waals surface area contributed by atoms with Crippen LogP contribution in [0.1, 0.15) is 12.8 Å². The summed E-state index contributed by atoms with van der Waals surface area (Å²) in [5.74, 6) is 0.670. The first-order chi connectivity index (χ1) is 3.93. The Hall–Kier alpha value is 0.690. The molecule has 1 nitrogen and oxygen atoms in total. The maximum atomic E-state index is 8.70. The molecule has 0 amide bonds. The van der Waals surface area contributed by atoms with Crippen molar-refractivity contribution in [3.05, 3.63) is 0 Å². The van der Waals surface area contributed by atoms with Gasteiger partial charge in [-0.3, -0.25) is 0 Å². The first-order valence-corrected chi connectivity index (χ1v) is 6.13. The van der Waals surface area contributed by atoms with Gasteiger partial charge in [0.25, 0.3) is 0 Å². The molecule has 0 unspecified atom stereocenters. The predicted octanol–water partition coefficient (Wildman–Crippen LogP) is -2.52. The molecule has 0 bridgehead atoms. The molecule has 0 radical (unpaired) electrons. The van der Waals surface area contributed by atoms with Crippen LogP contribution in [-0.4, -0.2) is 20.6 Å². The molecule has 1 heterocycles. The first kappa shape index (κ1) is 6.81. The van der Waals surface area contributed by atoms with E-state index in [1.807, 2.05) is 0 Å². The van der Waals surface area contributed by atoms with Crippen molar-refractivity contribution in [3.63, 3.8) is 0 Å². The Labute approximate surface area is 60.7 Å². The van der Waals surface area contributed by atoms with Gasteiger partial charge in [-0.1, -0.05) is 0 Å². The third-order valence-electron chi connectivity index (χ3n) is 1.56. The third-order valence-corrected chi connectivity index (χ3v) is 4.33. The molecule has 1 saturated heterocycles. The van der Waals surface area contributed by atoms with Crippen LogP contribution in [0.15, 0.2) is 0 Å². The van der Waals surface area contributed by atoms with Crippen LogP contribution >= 0.6 is 0 Å². The summed E-state index contributed by atoms with van der Waals surface area (Å²) in [6.07, 6.45) is 2.62. The van der Waals surface area contributed by atoms with Crippen LogP contribution in [0.4, 0.5) is 0 Å². The predicted molar refractivity (Wildman–Crippen MR) is 29.5 cm³/mol. The summed E-state index contributed by atoms with van der Waals surface area (Å²) in [7, 11) is 0. The van der Waals surface area contributed by atoms with E-state index < -0.39 is 0 Å². The van der Waals surface area contributed by atoms with Gasteiger partial charge in [0.2, 0.25) is 0 Å². The Kier molecular flexibility index (Phi) is 3.12. The summed E-state index contributed by atoms with van der Waals surface area (Å²) < 4.78 is 2.90. The van der Waals surface area contributed by atoms with Crippen molar-refractivity contribution >= 4 is 0 Å². The van der Waals surface area contributed by atoms with Crippen LogP contribution in [-0.2, 0) is 0 Å². The molecule has 2 heteroatoms. The maximum absolute atomic E-state index is 8.70. The second kappa shape index (κ2) is 3.67. The molecule has 1 N–H and O–H groups in total. The van der Waals surface area contributed by atoms with E-state index in [9.17, 15) is 0 Å². The molecule has 0 spiro atoms. The summed E-state index contributed by atoms with van der Waals surface area (Å²) in [5.41, 5.74) is 0. The zero-order chi connectivity index (χ0) is 5.82. The third kappa shape index (κ3) is 1.90. The molecular formula is C6H12IO-. The van der Waals surface area contributed by atoms with Crippen molar-refractivity contribution in [1.29, 1.82) is 0 Å². The first-order valence-electron chi connectivity index (χ1n) is 3.08. The summed E-state index contributed by atoms with van der Waals surface area (Å²) in [6, 6.07) is 0. The van der Waals surface area contributed by atoms with Gasteiger partial charge in [-0.15, -0.1) is 0 Å². The van der Waals surface area contributed by atoms with Crippen molar-refractivity contribution in [1.82, 2.24) is 0 Å². The SMILES string of the molecule is OCC1CC[I-]CC1. The average Bonchev–Trinajstić information content (AvgIpc) is 1.90. The number of hydrogen-bond acceptors (Lipinski definition) is 1. The molecule has 0 aromatic carbocycles. The molecule has 0 saturated carbocycles. The van der Waals surface area contributed by atoms with E-state index in [4.69, 9.17) is 5.11 Å². The van der Waals surface area contributed by atoms with Crippen molar-refractivity contribution in [2.24, 2.45) is 5.92 Å². The molecule has 8 heavy (non-hydrogen) atoms. The number of aliphatic hydroxyl groups is 1. The summed E-state index contributed by atoms with van der Waals surface area (Å²) >= 11 is 0.570. The van der Waals surface area contributed by atoms with E-state index in [1.165, 1.54) is 21.7 Å². The number of alkyl halides is 2. The van der Waals surface area contributed by atoms with Gasteiger partial charge in [-0.2, -0.15) is 0 Å². The van der Waals surface area contributed by atoms with Crippen LogP contribution in [0.25, 0.3) is 0 Å². The van der Waals surface area contributed by atoms with E-state index in [1.54, 1.807) is 0 Å². The van der Waals surface area contributed by atoms with Gasteiger partial charge in [0.15, 0.2) is 0 Å². The van der Waals surface area contributed by atoms with Crippen LogP contribution in [0.5, 0.6) is 0 Å². The average molecular weight is 227 g/mol. The Morgan fingerprint density at radius 2 is 2.00 bits per heavy atom. The van der Waals surface area contributed by atoms with Crippen LogP contribution in [0.2, 0.25) is 0 Å². The minimum absolute atomic E-state index is 0.434. The minimum atomic E-state index is 0.434. The zero-order valence-electron chi connectivity index (χ0n) is 4.94. The van der Waals surface area contributed by atoms with Gasteiger partial charge in [0.05, 0.1) is 0 Å². The fourth-order valence-corrected chi connectivity index (χ4v) is 4.07. The molecule has 1 fully saturated rings. The van der Waals surface area contributed by atoms with Gasteiger partial charge < -0.3 is 0 Å².